The first-order chi connectivity index (χ1) is 9.45. The van der Waals surface area contributed by atoms with Gasteiger partial charge in [-0.3, -0.25) is 0 Å². The molecule has 1 heterocycles. The molecule has 0 aliphatic rings. The Kier molecular flexibility index (Phi) is 2.76. The van der Waals surface area contributed by atoms with Gasteiger partial charge in [-0.25, -0.2) is 13.4 Å². The minimum Gasteiger partial charge on any atom is -0.399 e. The average molecular weight is 287 g/mol. The van der Waals surface area contributed by atoms with Crippen LogP contribution in [0.15, 0.2) is 47.4 Å². The van der Waals surface area contributed by atoms with Crippen molar-refractivity contribution >= 4 is 26.6 Å². The van der Waals surface area contributed by atoms with Crippen molar-refractivity contribution in [2.24, 2.45) is 0 Å². The third kappa shape index (κ3) is 2.14. The molecule has 0 radical (unpaired) electrons. The van der Waals surface area contributed by atoms with E-state index in [0.717, 1.165) is 5.56 Å². The first-order valence-corrected chi connectivity index (χ1v) is 7.89. The van der Waals surface area contributed by atoms with Gasteiger partial charge in [-0.05, 0) is 36.4 Å². The number of fused-ring (bicyclic) bond motifs is 1. The largest absolute Gasteiger partial charge is 0.399 e. The van der Waals surface area contributed by atoms with Crippen molar-refractivity contribution in [2.75, 3.05) is 12.0 Å². The molecule has 0 unspecified atom stereocenters. The number of benzene rings is 2. The van der Waals surface area contributed by atoms with Crippen molar-refractivity contribution in [2.45, 2.75) is 4.90 Å². The molecule has 0 aliphatic carbocycles. The van der Waals surface area contributed by atoms with E-state index in [-0.39, 0.29) is 4.90 Å². The predicted octanol–water partition coefficient (Wildman–Crippen LogP) is 2.22. The Morgan fingerprint density at radius 2 is 1.80 bits per heavy atom. The minimum absolute atomic E-state index is 0.230. The normalized spacial score (nSPS) is 11.8. The zero-order valence-electron chi connectivity index (χ0n) is 10.8. The number of nitrogens with two attached hydrogens (primary N) is 1. The number of aromatic nitrogens is 2. The van der Waals surface area contributed by atoms with Crippen molar-refractivity contribution in [1.82, 2.24) is 9.97 Å². The molecular weight excluding hydrogens is 274 g/mol. The number of anilines is 1. The van der Waals surface area contributed by atoms with Gasteiger partial charge in [-0.1, -0.05) is 6.07 Å². The van der Waals surface area contributed by atoms with E-state index in [1.165, 1.54) is 6.26 Å². The number of rotatable bonds is 2. The predicted molar refractivity (Wildman–Crippen MR) is 79.1 cm³/mol. The number of nitrogen functional groups attached to an aromatic ring is 1. The molecule has 0 amide bonds. The van der Waals surface area contributed by atoms with E-state index in [1.807, 2.05) is 12.1 Å². The molecule has 0 bridgehead atoms. The van der Waals surface area contributed by atoms with Gasteiger partial charge in [-0.2, -0.15) is 0 Å². The van der Waals surface area contributed by atoms with Gasteiger partial charge in [-0.15, -0.1) is 0 Å². The fraction of sp³-hybridized carbons (Fsp3) is 0.0714. The lowest BCUT2D eigenvalue weighted by Crippen LogP contribution is -1.97. The fourth-order valence-electron chi connectivity index (χ4n) is 2.08. The Labute approximate surface area is 116 Å². The lowest BCUT2D eigenvalue weighted by molar-refractivity contribution is 0.602. The van der Waals surface area contributed by atoms with Gasteiger partial charge in [0.15, 0.2) is 9.84 Å². The summed E-state index contributed by atoms with van der Waals surface area (Å²) >= 11 is 0. The summed E-state index contributed by atoms with van der Waals surface area (Å²) in [4.78, 5) is 7.76. The van der Waals surface area contributed by atoms with E-state index < -0.39 is 9.84 Å². The van der Waals surface area contributed by atoms with Crippen molar-refractivity contribution < 1.29 is 8.42 Å². The van der Waals surface area contributed by atoms with Crippen molar-refractivity contribution in [3.63, 3.8) is 0 Å². The molecule has 3 N–H and O–H groups in total. The number of para-hydroxylation sites is 1. The van der Waals surface area contributed by atoms with Crippen molar-refractivity contribution in [3.8, 4) is 11.4 Å². The standard InChI is InChI=1S/C14H13N3O2S/c1-20(18,19)12-4-2-3-11-13(12)17-14(16-11)9-5-7-10(15)8-6-9/h2-8H,15H2,1H3,(H,16,17). The van der Waals surface area contributed by atoms with Crippen LogP contribution in [0.3, 0.4) is 0 Å². The SMILES string of the molecule is CS(=O)(=O)c1cccc2[nH]c(-c3ccc(N)cc3)nc12. The highest BCUT2D eigenvalue weighted by atomic mass is 32.2. The molecule has 5 nitrogen and oxygen atoms in total. The zero-order valence-corrected chi connectivity index (χ0v) is 11.6. The van der Waals surface area contributed by atoms with Crippen LogP contribution in [0.2, 0.25) is 0 Å². The quantitative estimate of drug-likeness (QED) is 0.707. The molecule has 3 aromatic rings. The molecule has 0 spiro atoms. The number of H-pyrrole nitrogens is 1. The van der Waals surface area contributed by atoms with Crippen LogP contribution in [0.5, 0.6) is 0 Å². The molecule has 0 saturated carbocycles. The number of sulfone groups is 1. The lowest BCUT2D eigenvalue weighted by atomic mass is 10.2. The molecule has 2 aromatic carbocycles. The first kappa shape index (κ1) is 12.7. The van der Waals surface area contributed by atoms with Gasteiger partial charge in [0.2, 0.25) is 0 Å². The van der Waals surface area contributed by atoms with Crippen LogP contribution in [0.1, 0.15) is 0 Å². The van der Waals surface area contributed by atoms with Crippen molar-refractivity contribution in [1.29, 1.82) is 0 Å². The molecular formula is C14H13N3O2S. The molecule has 20 heavy (non-hydrogen) atoms. The second-order valence-electron chi connectivity index (χ2n) is 4.63. The topological polar surface area (TPSA) is 88.8 Å². The van der Waals surface area contributed by atoms with Crippen LogP contribution in [-0.2, 0) is 9.84 Å². The van der Waals surface area contributed by atoms with Crippen LogP contribution in [0.25, 0.3) is 22.4 Å². The third-order valence-electron chi connectivity index (χ3n) is 3.06. The molecule has 3 rings (SSSR count). The average Bonchev–Trinajstić information content (AvgIpc) is 2.81. The Balaban J connectivity index is 2.23. The summed E-state index contributed by atoms with van der Waals surface area (Å²) in [6, 6.07) is 12.3. The molecule has 0 aliphatic heterocycles. The van der Waals surface area contributed by atoms with Gasteiger partial charge in [0, 0.05) is 17.5 Å². The molecule has 0 fully saturated rings. The van der Waals surface area contributed by atoms with E-state index >= 15 is 0 Å². The maximum atomic E-state index is 11.8. The number of hydrogen-bond donors (Lipinski definition) is 2. The summed E-state index contributed by atoms with van der Waals surface area (Å²) in [6.45, 7) is 0. The second-order valence-corrected chi connectivity index (χ2v) is 6.62. The van der Waals surface area contributed by atoms with Crippen LogP contribution < -0.4 is 5.73 Å². The highest BCUT2D eigenvalue weighted by Gasteiger charge is 2.15. The van der Waals surface area contributed by atoms with Crippen LogP contribution in [0.4, 0.5) is 5.69 Å². The fourth-order valence-corrected chi connectivity index (χ4v) is 2.92. The van der Waals surface area contributed by atoms with Crippen LogP contribution in [-0.4, -0.2) is 24.6 Å². The lowest BCUT2D eigenvalue weighted by Gasteiger charge is -1.98. The highest BCUT2D eigenvalue weighted by molar-refractivity contribution is 7.91. The molecule has 0 saturated heterocycles. The monoisotopic (exact) mass is 287 g/mol. The van der Waals surface area contributed by atoms with E-state index in [4.69, 9.17) is 5.73 Å². The third-order valence-corrected chi connectivity index (χ3v) is 4.19. The Bertz CT molecular complexity index is 880. The summed E-state index contributed by atoms with van der Waals surface area (Å²) in [7, 11) is -3.31. The maximum absolute atomic E-state index is 11.8. The summed E-state index contributed by atoms with van der Waals surface area (Å²) in [6.07, 6.45) is 1.18. The molecule has 102 valence electrons. The number of hydrogen-bond acceptors (Lipinski definition) is 4. The maximum Gasteiger partial charge on any atom is 0.177 e. The summed E-state index contributed by atoms with van der Waals surface area (Å²) < 4.78 is 23.5. The molecule has 6 heteroatoms. The first-order valence-electron chi connectivity index (χ1n) is 6.00. The number of nitrogens with zero attached hydrogens (tertiary/aromatic N) is 1. The Hall–Kier alpha value is -2.34. The van der Waals surface area contributed by atoms with Crippen LogP contribution in [0, 0.1) is 0 Å². The summed E-state index contributed by atoms with van der Waals surface area (Å²) in [5, 5.41) is 0. The van der Waals surface area contributed by atoms with Gasteiger partial charge in [0.25, 0.3) is 0 Å². The Morgan fingerprint density at radius 3 is 2.45 bits per heavy atom. The molecule has 0 atom stereocenters. The summed E-state index contributed by atoms with van der Waals surface area (Å²) in [5.41, 5.74) is 8.33. The van der Waals surface area contributed by atoms with Gasteiger partial charge >= 0.3 is 0 Å². The van der Waals surface area contributed by atoms with E-state index in [1.54, 1.807) is 30.3 Å². The van der Waals surface area contributed by atoms with Gasteiger partial charge in [0.1, 0.15) is 11.3 Å². The van der Waals surface area contributed by atoms with E-state index in [2.05, 4.69) is 9.97 Å². The summed E-state index contributed by atoms with van der Waals surface area (Å²) in [5.74, 6) is 0.621. The minimum atomic E-state index is -3.31. The zero-order chi connectivity index (χ0) is 14.3. The van der Waals surface area contributed by atoms with E-state index in [0.29, 0.717) is 22.5 Å². The number of nitrogens with one attached hydrogen (secondary N) is 1. The highest BCUT2D eigenvalue weighted by Crippen LogP contribution is 2.25. The second kappa shape index (κ2) is 4.35. The molecule has 1 aromatic heterocycles. The van der Waals surface area contributed by atoms with Crippen molar-refractivity contribution in [3.05, 3.63) is 42.5 Å². The van der Waals surface area contributed by atoms with Crippen LogP contribution >= 0.6 is 0 Å². The Morgan fingerprint density at radius 1 is 1.10 bits per heavy atom. The van der Waals surface area contributed by atoms with E-state index in [9.17, 15) is 8.42 Å². The van der Waals surface area contributed by atoms with Gasteiger partial charge in [0.05, 0.1) is 10.4 Å². The van der Waals surface area contributed by atoms with Gasteiger partial charge < -0.3 is 10.7 Å². The number of aromatic amines is 1. The number of imidazole rings is 1. The smallest absolute Gasteiger partial charge is 0.177 e.